The number of amides is 1. The average molecular weight is 269 g/mol. The van der Waals surface area contributed by atoms with E-state index < -0.39 is 0 Å². The number of para-hydroxylation sites is 1. The zero-order chi connectivity index (χ0) is 14.4. The molecule has 0 saturated heterocycles. The topological polar surface area (TPSA) is 20.3 Å². The highest BCUT2D eigenvalue weighted by Crippen LogP contribution is 2.14. The Labute approximate surface area is 118 Å². The quantitative estimate of drug-likeness (QED) is 0.771. The molecule has 0 spiro atoms. The van der Waals surface area contributed by atoms with Crippen molar-refractivity contribution in [3.63, 3.8) is 0 Å². The summed E-state index contributed by atoms with van der Waals surface area (Å²) in [4.78, 5) is 13.8. The van der Waals surface area contributed by atoms with Crippen LogP contribution in [-0.2, 0) is 4.79 Å². The Kier molecular flexibility index (Phi) is 4.66. The van der Waals surface area contributed by atoms with Crippen molar-refractivity contribution >= 4 is 17.7 Å². The molecule has 0 heterocycles. The molecule has 2 aromatic carbocycles. The van der Waals surface area contributed by atoms with E-state index >= 15 is 0 Å². The van der Waals surface area contributed by atoms with Gasteiger partial charge in [0.2, 0.25) is 0 Å². The highest BCUT2D eigenvalue weighted by atomic mass is 19.1. The molecule has 0 radical (unpaired) electrons. The molecule has 0 aliphatic carbocycles. The summed E-state index contributed by atoms with van der Waals surface area (Å²) >= 11 is 0. The molecule has 20 heavy (non-hydrogen) atoms. The van der Waals surface area contributed by atoms with Crippen molar-refractivity contribution in [1.82, 2.24) is 0 Å². The average Bonchev–Trinajstić information content (AvgIpc) is 2.47. The molecule has 0 atom stereocenters. The third-order valence-corrected chi connectivity index (χ3v) is 2.92. The minimum atomic E-state index is -0.310. The van der Waals surface area contributed by atoms with Crippen LogP contribution in [-0.4, -0.2) is 12.5 Å². The maximum Gasteiger partial charge on any atom is 0.250 e. The lowest BCUT2D eigenvalue weighted by atomic mass is 10.2. The first-order chi connectivity index (χ1) is 9.70. The van der Waals surface area contributed by atoms with Crippen LogP contribution in [0.4, 0.5) is 10.1 Å². The lowest BCUT2D eigenvalue weighted by Crippen LogP contribution is -2.28. The number of hydrogen-bond donors (Lipinski definition) is 0. The lowest BCUT2D eigenvalue weighted by molar-refractivity contribution is -0.114. The molecule has 102 valence electrons. The second kappa shape index (κ2) is 6.66. The Morgan fingerprint density at radius 1 is 1.15 bits per heavy atom. The molecule has 2 rings (SSSR count). The molecular formula is C17H16FNO. The van der Waals surface area contributed by atoms with Crippen LogP contribution in [0.2, 0.25) is 0 Å². The number of benzene rings is 2. The lowest BCUT2D eigenvalue weighted by Gasteiger charge is -2.19. The van der Waals surface area contributed by atoms with Crippen molar-refractivity contribution in [2.75, 3.05) is 11.4 Å². The van der Waals surface area contributed by atoms with Crippen molar-refractivity contribution in [3.8, 4) is 0 Å². The van der Waals surface area contributed by atoms with Crippen LogP contribution < -0.4 is 4.90 Å². The Morgan fingerprint density at radius 2 is 1.90 bits per heavy atom. The first-order valence-corrected chi connectivity index (χ1v) is 6.51. The summed E-state index contributed by atoms with van der Waals surface area (Å²) in [6.07, 6.45) is 3.09. The minimum Gasteiger partial charge on any atom is -0.309 e. The molecule has 2 aromatic rings. The normalized spacial score (nSPS) is 10.7. The maximum absolute atomic E-state index is 13.1. The van der Waals surface area contributed by atoms with E-state index in [0.29, 0.717) is 12.1 Å². The Hall–Kier alpha value is -2.42. The summed E-state index contributed by atoms with van der Waals surface area (Å²) in [5.74, 6) is -0.432. The van der Waals surface area contributed by atoms with Gasteiger partial charge in [-0.3, -0.25) is 4.79 Å². The van der Waals surface area contributed by atoms with Gasteiger partial charge < -0.3 is 4.90 Å². The Balaban J connectivity index is 2.14. The molecular weight excluding hydrogens is 253 g/mol. The van der Waals surface area contributed by atoms with Crippen molar-refractivity contribution < 1.29 is 9.18 Å². The summed E-state index contributed by atoms with van der Waals surface area (Å²) in [6.45, 7) is 2.50. The van der Waals surface area contributed by atoms with E-state index in [1.54, 1.807) is 23.1 Å². The third-order valence-electron chi connectivity index (χ3n) is 2.92. The van der Waals surface area contributed by atoms with Crippen LogP contribution in [0.15, 0.2) is 60.7 Å². The van der Waals surface area contributed by atoms with Gasteiger partial charge in [0.05, 0.1) is 0 Å². The largest absolute Gasteiger partial charge is 0.309 e. The van der Waals surface area contributed by atoms with Gasteiger partial charge in [-0.05, 0) is 42.8 Å². The second-order valence-electron chi connectivity index (χ2n) is 4.31. The van der Waals surface area contributed by atoms with E-state index in [2.05, 4.69) is 0 Å². The molecule has 0 aromatic heterocycles. The zero-order valence-electron chi connectivity index (χ0n) is 11.3. The fourth-order valence-corrected chi connectivity index (χ4v) is 1.94. The number of hydrogen-bond acceptors (Lipinski definition) is 1. The SMILES string of the molecule is CCN(C(=O)/C=C/c1cccc(F)c1)c1ccccc1. The van der Waals surface area contributed by atoms with Gasteiger partial charge >= 0.3 is 0 Å². The van der Waals surface area contributed by atoms with Gasteiger partial charge in [-0.2, -0.15) is 0 Å². The minimum absolute atomic E-state index is 0.122. The standard InChI is InChI=1S/C17H16FNO/c1-2-19(16-9-4-3-5-10-16)17(20)12-11-14-7-6-8-15(18)13-14/h3-13H,2H2,1H3/b12-11+. The van der Waals surface area contributed by atoms with Gasteiger partial charge in [0.1, 0.15) is 5.82 Å². The van der Waals surface area contributed by atoms with Crippen LogP contribution in [0.1, 0.15) is 12.5 Å². The van der Waals surface area contributed by atoms with Crippen molar-refractivity contribution in [2.45, 2.75) is 6.92 Å². The molecule has 0 saturated carbocycles. The van der Waals surface area contributed by atoms with Gasteiger partial charge in [0.15, 0.2) is 0 Å². The third kappa shape index (κ3) is 3.54. The number of halogens is 1. The van der Waals surface area contributed by atoms with E-state index in [1.165, 1.54) is 18.2 Å². The van der Waals surface area contributed by atoms with E-state index in [9.17, 15) is 9.18 Å². The molecule has 0 aliphatic rings. The van der Waals surface area contributed by atoms with Crippen molar-refractivity contribution in [1.29, 1.82) is 0 Å². The number of nitrogens with zero attached hydrogens (tertiary/aromatic N) is 1. The molecule has 0 unspecified atom stereocenters. The summed E-state index contributed by atoms with van der Waals surface area (Å²) < 4.78 is 13.1. The van der Waals surface area contributed by atoms with Crippen LogP contribution in [0.3, 0.4) is 0 Å². The summed E-state index contributed by atoms with van der Waals surface area (Å²) in [5, 5.41) is 0. The van der Waals surface area contributed by atoms with Crippen LogP contribution >= 0.6 is 0 Å². The number of carbonyl (C=O) groups excluding carboxylic acids is 1. The van der Waals surface area contributed by atoms with Crippen LogP contribution in [0.5, 0.6) is 0 Å². The van der Waals surface area contributed by atoms with Gasteiger partial charge in [-0.15, -0.1) is 0 Å². The van der Waals surface area contributed by atoms with Gasteiger partial charge in [-0.1, -0.05) is 30.3 Å². The summed E-state index contributed by atoms with van der Waals surface area (Å²) in [7, 11) is 0. The monoisotopic (exact) mass is 269 g/mol. The molecule has 0 fully saturated rings. The van der Waals surface area contributed by atoms with E-state index in [1.807, 2.05) is 37.3 Å². The van der Waals surface area contributed by atoms with Crippen LogP contribution in [0.25, 0.3) is 6.08 Å². The zero-order valence-corrected chi connectivity index (χ0v) is 11.3. The Morgan fingerprint density at radius 3 is 2.55 bits per heavy atom. The number of anilines is 1. The fraction of sp³-hybridized carbons (Fsp3) is 0.118. The summed E-state index contributed by atoms with van der Waals surface area (Å²) in [6, 6.07) is 15.6. The van der Waals surface area contributed by atoms with Crippen molar-refractivity contribution in [2.24, 2.45) is 0 Å². The van der Waals surface area contributed by atoms with Gasteiger partial charge in [-0.25, -0.2) is 4.39 Å². The van der Waals surface area contributed by atoms with E-state index in [4.69, 9.17) is 0 Å². The predicted octanol–water partition coefficient (Wildman–Crippen LogP) is 3.89. The molecule has 3 heteroatoms. The molecule has 2 nitrogen and oxygen atoms in total. The highest BCUT2D eigenvalue weighted by Gasteiger charge is 2.09. The van der Waals surface area contributed by atoms with Crippen molar-refractivity contribution in [3.05, 3.63) is 72.1 Å². The fourth-order valence-electron chi connectivity index (χ4n) is 1.94. The van der Waals surface area contributed by atoms with Gasteiger partial charge in [0, 0.05) is 18.3 Å². The first kappa shape index (κ1) is 14.0. The molecule has 0 bridgehead atoms. The molecule has 0 N–H and O–H groups in total. The first-order valence-electron chi connectivity index (χ1n) is 6.51. The number of likely N-dealkylation sites (N-methyl/N-ethyl adjacent to an activating group) is 1. The number of carbonyl (C=O) groups is 1. The van der Waals surface area contributed by atoms with E-state index in [0.717, 1.165) is 5.69 Å². The Bertz CT molecular complexity index is 607. The highest BCUT2D eigenvalue weighted by molar-refractivity contribution is 6.03. The smallest absolute Gasteiger partial charge is 0.250 e. The van der Waals surface area contributed by atoms with Gasteiger partial charge in [0.25, 0.3) is 5.91 Å². The predicted molar refractivity (Wildman–Crippen MR) is 79.9 cm³/mol. The van der Waals surface area contributed by atoms with Crippen LogP contribution in [0, 0.1) is 5.82 Å². The van der Waals surface area contributed by atoms with E-state index in [-0.39, 0.29) is 11.7 Å². The number of rotatable bonds is 4. The summed E-state index contributed by atoms with van der Waals surface area (Å²) in [5.41, 5.74) is 1.52. The molecule has 1 amide bonds. The maximum atomic E-state index is 13.1. The molecule has 0 aliphatic heterocycles. The second-order valence-corrected chi connectivity index (χ2v) is 4.31.